The zero-order chi connectivity index (χ0) is 6.78. The van der Waals surface area contributed by atoms with Crippen LogP contribution in [-0.4, -0.2) is 0 Å². The first-order chi connectivity index (χ1) is 3.42. The largest absolute Gasteiger partial charge is 0.473 e. The highest BCUT2D eigenvalue weighted by atomic mass is 35.7. The molecule has 0 saturated heterocycles. The van der Waals surface area contributed by atoms with Crippen molar-refractivity contribution in [1.29, 1.82) is 0 Å². The number of rotatable bonds is 2. The topological polar surface area (TPSA) is 195 Å². The van der Waals surface area contributed by atoms with Gasteiger partial charge in [-0.3, -0.25) is 0 Å². The van der Waals surface area contributed by atoms with Crippen LogP contribution in [0.15, 0.2) is 0 Å². The molecule has 0 saturated carbocycles. The normalized spacial score (nSPS) is 10.2. The molecule has 0 rings (SSSR count). The van der Waals surface area contributed by atoms with Gasteiger partial charge in [0.25, 0.3) is 0 Å². The highest BCUT2D eigenvalue weighted by molar-refractivity contribution is 2.48. The van der Waals surface area contributed by atoms with E-state index in [1.54, 1.807) is 0 Å². The zero-order valence-corrected chi connectivity index (χ0v) is 6.13. The Kier molecular flexibility index (Phi) is 10.0. The summed E-state index contributed by atoms with van der Waals surface area (Å²) < 4.78 is 48.7. The van der Waals surface area contributed by atoms with Gasteiger partial charge in [-0.1, -0.05) is 0 Å². The van der Waals surface area contributed by atoms with E-state index in [0.29, 0.717) is 0 Å². The van der Waals surface area contributed by atoms with Crippen molar-refractivity contribution in [2.24, 2.45) is 0 Å². The van der Waals surface area contributed by atoms with Crippen molar-refractivity contribution in [3.05, 3.63) is 0 Å². The average Bonchev–Trinajstić information content (AvgIpc) is 1.21. The van der Waals surface area contributed by atoms with Crippen molar-refractivity contribution in [2.45, 2.75) is 0 Å². The molecule has 0 aromatic heterocycles. The summed E-state index contributed by atoms with van der Waals surface area (Å²) in [6.07, 6.45) is 0. The van der Waals surface area contributed by atoms with Gasteiger partial charge in [0.1, 0.15) is 0 Å². The van der Waals surface area contributed by atoms with Crippen LogP contribution in [0.3, 0.4) is 0 Å². The van der Waals surface area contributed by atoms with Crippen molar-refractivity contribution in [3.8, 4) is 0 Å². The van der Waals surface area contributed by atoms with Gasteiger partial charge in [-0.2, -0.15) is 14.0 Å². The standard InChI is InChI=1S/Cl2O6.2H3N/c3-1(4)8-2(5,6)7;;/h;2*1H3. The minimum atomic E-state index is -4.85. The molecular weight excluding hydrogens is 195 g/mol. The first kappa shape index (κ1) is 16.7. The summed E-state index contributed by atoms with van der Waals surface area (Å²) in [5.74, 6) is 0. The highest BCUT2D eigenvalue weighted by Crippen LogP contribution is 1.88. The van der Waals surface area contributed by atoms with Gasteiger partial charge < -0.3 is 21.6 Å². The molecule has 6 N–H and O–H groups in total. The summed E-state index contributed by atoms with van der Waals surface area (Å²) in [6, 6.07) is 0. The van der Waals surface area contributed by atoms with E-state index in [4.69, 9.17) is 9.32 Å². The zero-order valence-electron chi connectivity index (χ0n) is 4.62. The van der Waals surface area contributed by atoms with Crippen LogP contribution in [-0.2, 0) is 3.84 Å². The first-order valence-electron chi connectivity index (χ1n) is 1.08. The van der Waals surface area contributed by atoms with Gasteiger partial charge in [-0.05, 0) is 0 Å². The van der Waals surface area contributed by atoms with E-state index in [9.17, 15) is 14.0 Å². The number of hydrogen-bond donors (Lipinski definition) is 2. The van der Waals surface area contributed by atoms with Crippen molar-refractivity contribution >= 4 is 0 Å². The van der Waals surface area contributed by atoms with E-state index in [-0.39, 0.29) is 12.3 Å². The molecule has 0 aliphatic heterocycles. The smallest absolute Gasteiger partial charge is 0.344 e. The second kappa shape index (κ2) is 6.00. The van der Waals surface area contributed by atoms with Crippen LogP contribution >= 0.6 is 0 Å². The quantitative estimate of drug-likeness (QED) is 0.440. The SMILES string of the molecule is N.N.[O-][Cl+2]([O-])O[Cl+3]([O-])([O-])[O-]. The van der Waals surface area contributed by atoms with E-state index < -0.39 is 21.0 Å². The fourth-order valence-corrected chi connectivity index (χ4v) is 0.525. The monoisotopic (exact) mass is 200 g/mol. The number of halogens is 2. The lowest BCUT2D eigenvalue weighted by Crippen LogP contribution is -2.63. The van der Waals surface area contributed by atoms with Crippen LogP contribution in [0, 0.1) is 21.0 Å². The Morgan fingerprint density at radius 3 is 1.30 bits per heavy atom. The van der Waals surface area contributed by atoms with E-state index in [2.05, 4.69) is 3.84 Å². The van der Waals surface area contributed by atoms with Crippen LogP contribution in [0.1, 0.15) is 0 Å². The molecule has 0 bridgehead atoms. The second-order valence-corrected chi connectivity index (χ2v) is 2.23. The summed E-state index contributed by atoms with van der Waals surface area (Å²) in [5, 5.41) is 0. The molecule has 0 aromatic rings. The Hall–Kier alpha value is 0.260. The van der Waals surface area contributed by atoms with Gasteiger partial charge in [-0.25, -0.2) is 0 Å². The Morgan fingerprint density at radius 1 is 1.00 bits per heavy atom. The highest BCUT2D eigenvalue weighted by Gasteiger charge is 2.37. The summed E-state index contributed by atoms with van der Waals surface area (Å²) >= 11 is 0. The van der Waals surface area contributed by atoms with Gasteiger partial charge in [-0.15, -0.1) is 0 Å². The van der Waals surface area contributed by atoms with Crippen LogP contribution in [0.2, 0.25) is 0 Å². The van der Waals surface area contributed by atoms with Gasteiger partial charge in [0.05, 0.1) is 0 Å². The van der Waals surface area contributed by atoms with Crippen molar-refractivity contribution in [2.75, 3.05) is 0 Å². The summed E-state index contributed by atoms with van der Waals surface area (Å²) in [5.41, 5.74) is 0. The molecule has 0 spiro atoms. The molecule has 0 atom stereocenters. The predicted molar refractivity (Wildman–Crippen MR) is 11.1 cm³/mol. The van der Waals surface area contributed by atoms with E-state index >= 15 is 0 Å². The third-order valence-corrected chi connectivity index (χ3v) is 1.07. The summed E-state index contributed by atoms with van der Waals surface area (Å²) in [6.45, 7) is 0. The van der Waals surface area contributed by atoms with Crippen molar-refractivity contribution < 1.29 is 48.2 Å². The molecular formula is H6Cl2N2O6. The van der Waals surface area contributed by atoms with E-state index in [1.807, 2.05) is 0 Å². The molecule has 8 nitrogen and oxygen atoms in total. The lowest BCUT2D eigenvalue weighted by Gasteiger charge is -2.01. The molecule has 0 fully saturated rings. The van der Waals surface area contributed by atoms with Gasteiger partial charge in [0.2, 0.25) is 10.2 Å². The van der Waals surface area contributed by atoms with Gasteiger partial charge in [0.15, 0.2) is 0 Å². The molecule has 0 radical (unpaired) electrons. The summed E-state index contributed by atoms with van der Waals surface area (Å²) in [4.78, 5) is 0. The fourth-order valence-electron chi connectivity index (χ4n) is 0.0583. The molecule has 0 heterocycles. The maximum Gasteiger partial charge on any atom is 0.473 e. The van der Waals surface area contributed by atoms with Crippen molar-refractivity contribution in [3.63, 3.8) is 0 Å². The minimum Gasteiger partial charge on any atom is -0.344 e. The Balaban J connectivity index is -0.000000245. The summed E-state index contributed by atoms with van der Waals surface area (Å²) in [7, 11) is -7.85. The van der Waals surface area contributed by atoms with Gasteiger partial charge in [0, 0.05) is 0 Å². The molecule has 0 amide bonds. The van der Waals surface area contributed by atoms with Gasteiger partial charge >= 0.3 is 14.6 Å². The third-order valence-electron chi connectivity index (χ3n) is 0.119. The van der Waals surface area contributed by atoms with Crippen molar-refractivity contribution in [1.82, 2.24) is 12.3 Å². The predicted octanol–water partition coefficient (Wildman–Crippen LogP) is -5.69. The van der Waals surface area contributed by atoms with Crippen LogP contribution < -0.4 is 35.6 Å². The molecule has 0 unspecified atom stereocenters. The molecule has 10 heteroatoms. The lowest BCUT2D eigenvalue weighted by atomic mass is 14.0. The Bertz CT molecular complexity index is 68.6. The average molecular weight is 201 g/mol. The van der Waals surface area contributed by atoms with E-state index in [1.165, 1.54) is 0 Å². The Labute approximate surface area is 61.3 Å². The fraction of sp³-hybridized carbons (Fsp3) is 0. The van der Waals surface area contributed by atoms with Crippen LogP contribution in [0.25, 0.3) is 0 Å². The molecule has 66 valence electrons. The van der Waals surface area contributed by atoms with Crippen LogP contribution in [0.4, 0.5) is 0 Å². The molecule has 0 aromatic carbocycles. The lowest BCUT2D eigenvalue weighted by molar-refractivity contribution is -1.99. The Morgan fingerprint density at radius 2 is 1.30 bits per heavy atom. The first-order valence-corrected chi connectivity index (χ1v) is 3.24. The van der Waals surface area contributed by atoms with E-state index in [0.717, 1.165) is 0 Å². The van der Waals surface area contributed by atoms with Crippen LogP contribution in [0.5, 0.6) is 0 Å². The molecule has 10 heavy (non-hydrogen) atoms. The number of hydrogen-bond acceptors (Lipinski definition) is 8. The maximum atomic E-state index is 9.23. The third kappa shape index (κ3) is 15.7. The molecule has 0 aliphatic carbocycles. The maximum absolute atomic E-state index is 9.23. The molecule has 0 aliphatic rings. The minimum absolute atomic E-state index is 0. The second-order valence-electron chi connectivity index (χ2n) is 0.625.